The third kappa shape index (κ3) is 3.61. The van der Waals surface area contributed by atoms with Crippen LogP contribution in [0.3, 0.4) is 0 Å². The average Bonchev–Trinajstić information content (AvgIpc) is 3.08. The van der Waals surface area contributed by atoms with Gasteiger partial charge in [-0.05, 0) is 31.0 Å². The molecule has 0 radical (unpaired) electrons. The van der Waals surface area contributed by atoms with Crippen molar-refractivity contribution in [1.29, 1.82) is 0 Å². The van der Waals surface area contributed by atoms with Gasteiger partial charge in [0, 0.05) is 49.9 Å². The molecule has 0 amide bonds. The van der Waals surface area contributed by atoms with Crippen LogP contribution in [0, 0.1) is 13.8 Å². The summed E-state index contributed by atoms with van der Waals surface area (Å²) in [7, 11) is 0. The van der Waals surface area contributed by atoms with Crippen LogP contribution in [0.25, 0.3) is 10.2 Å². The number of thiophene rings is 1. The minimum Gasteiger partial charge on any atom is -0.352 e. The maximum Gasteiger partial charge on any atom is 0.225 e. The molecule has 1 aliphatic rings. The Labute approximate surface area is 180 Å². The van der Waals surface area contributed by atoms with Crippen molar-refractivity contribution in [2.24, 2.45) is 0 Å². The molecule has 0 bridgehead atoms. The van der Waals surface area contributed by atoms with Crippen LogP contribution in [0.5, 0.6) is 0 Å². The lowest BCUT2D eigenvalue weighted by atomic mass is 10.1. The molecule has 0 N–H and O–H groups in total. The first kappa shape index (κ1) is 18.9. The summed E-state index contributed by atoms with van der Waals surface area (Å²) in [5, 5.41) is 1.21. The van der Waals surface area contributed by atoms with Gasteiger partial charge in [-0.15, -0.1) is 11.3 Å². The van der Waals surface area contributed by atoms with E-state index in [1.165, 1.54) is 21.4 Å². The molecule has 3 aromatic heterocycles. The van der Waals surface area contributed by atoms with Gasteiger partial charge in [0.15, 0.2) is 0 Å². The molecule has 152 valence electrons. The lowest BCUT2D eigenvalue weighted by Gasteiger charge is -2.35. The quantitative estimate of drug-likeness (QED) is 0.501. The van der Waals surface area contributed by atoms with Crippen LogP contribution >= 0.6 is 11.3 Å². The molecule has 30 heavy (non-hydrogen) atoms. The zero-order chi connectivity index (χ0) is 20.5. The average molecular weight is 417 g/mol. The lowest BCUT2D eigenvalue weighted by molar-refractivity contribution is 0.634. The SMILES string of the molecule is Cc1sc2nc(Cc3ccccc3)nc(N3CCN(c4ncccn4)CC3)c2c1C. The van der Waals surface area contributed by atoms with Crippen LogP contribution in [0.4, 0.5) is 11.8 Å². The Bertz CT molecular complexity index is 1150. The Kier molecular flexibility index (Phi) is 5.04. The molecular formula is C23H24N6S. The molecule has 4 aromatic rings. The summed E-state index contributed by atoms with van der Waals surface area (Å²) >= 11 is 1.77. The standard InChI is InChI=1S/C23H24N6S/c1-16-17(2)30-22-20(16)21(26-19(27-22)15-18-7-4-3-5-8-18)28-11-13-29(14-12-28)23-24-9-6-10-25-23/h3-10H,11-15H2,1-2H3. The monoisotopic (exact) mass is 416 g/mol. The first-order chi connectivity index (χ1) is 14.7. The van der Waals surface area contributed by atoms with Crippen molar-refractivity contribution < 1.29 is 0 Å². The highest BCUT2D eigenvalue weighted by Crippen LogP contribution is 2.35. The highest BCUT2D eigenvalue weighted by Gasteiger charge is 2.24. The fourth-order valence-corrected chi connectivity index (χ4v) is 4.97. The smallest absolute Gasteiger partial charge is 0.225 e. The number of hydrogen-bond donors (Lipinski definition) is 0. The maximum atomic E-state index is 5.06. The summed E-state index contributed by atoms with van der Waals surface area (Å²) in [5.74, 6) is 2.76. The Morgan fingerprint density at radius 2 is 1.57 bits per heavy atom. The third-order valence-corrected chi connectivity index (χ3v) is 6.78. The van der Waals surface area contributed by atoms with Crippen molar-refractivity contribution in [3.63, 3.8) is 0 Å². The summed E-state index contributed by atoms with van der Waals surface area (Å²) in [4.78, 5) is 25.8. The van der Waals surface area contributed by atoms with Crippen molar-refractivity contribution in [3.8, 4) is 0 Å². The second-order valence-corrected chi connectivity index (χ2v) is 8.82. The summed E-state index contributed by atoms with van der Waals surface area (Å²) in [6.45, 7) is 7.91. The first-order valence-electron chi connectivity index (χ1n) is 10.3. The van der Waals surface area contributed by atoms with E-state index in [1.54, 1.807) is 23.7 Å². The molecule has 0 saturated carbocycles. The molecule has 0 spiro atoms. The van der Waals surface area contributed by atoms with Gasteiger partial charge in [-0.3, -0.25) is 0 Å². The van der Waals surface area contributed by atoms with Crippen molar-refractivity contribution >= 4 is 33.3 Å². The topological polar surface area (TPSA) is 58.0 Å². The number of benzene rings is 1. The van der Waals surface area contributed by atoms with Crippen LogP contribution in [0.2, 0.25) is 0 Å². The molecule has 0 atom stereocenters. The summed E-state index contributed by atoms with van der Waals surface area (Å²) < 4.78 is 0. The van der Waals surface area contributed by atoms with E-state index in [9.17, 15) is 0 Å². The second kappa shape index (κ2) is 7.99. The van der Waals surface area contributed by atoms with E-state index in [0.717, 1.165) is 55.0 Å². The first-order valence-corrected chi connectivity index (χ1v) is 11.1. The van der Waals surface area contributed by atoms with Crippen LogP contribution in [-0.2, 0) is 6.42 Å². The largest absolute Gasteiger partial charge is 0.352 e. The number of anilines is 2. The minimum absolute atomic E-state index is 0.748. The van der Waals surface area contributed by atoms with Crippen molar-refractivity contribution in [2.45, 2.75) is 20.3 Å². The van der Waals surface area contributed by atoms with E-state index in [-0.39, 0.29) is 0 Å². The van der Waals surface area contributed by atoms with Gasteiger partial charge in [0.25, 0.3) is 0 Å². The lowest BCUT2D eigenvalue weighted by Crippen LogP contribution is -2.47. The third-order valence-electron chi connectivity index (χ3n) is 5.68. The van der Waals surface area contributed by atoms with E-state index in [1.807, 2.05) is 12.1 Å². The fourth-order valence-electron chi connectivity index (χ4n) is 3.93. The number of piperazine rings is 1. The predicted octanol–water partition coefficient (Wildman–Crippen LogP) is 4.02. The highest BCUT2D eigenvalue weighted by molar-refractivity contribution is 7.18. The van der Waals surface area contributed by atoms with E-state index < -0.39 is 0 Å². The van der Waals surface area contributed by atoms with Crippen LogP contribution in [0.15, 0.2) is 48.8 Å². The van der Waals surface area contributed by atoms with Gasteiger partial charge < -0.3 is 9.80 Å². The van der Waals surface area contributed by atoms with Crippen LogP contribution in [-0.4, -0.2) is 46.1 Å². The van der Waals surface area contributed by atoms with E-state index in [2.05, 4.69) is 57.9 Å². The molecule has 1 fully saturated rings. The minimum atomic E-state index is 0.748. The van der Waals surface area contributed by atoms with Gasteiger partial charge in [0.05, 0.1) is 5.39 Å². The Hall–Kier alpha value is -3.06. The Morgan fingerprint density at radius 3 is 2.30 bits per heavy atom. The Morgan fingerprint density at radius 1 is 0.867 bits per heavy atom. The van der Waals surface area contributed by atoms with Crippen LogP contribution in [0.1, 0.15) is 21.8 Å². The summed E-state index contributed by atoms with van der Waals surface area (Å²) in [6, 6.07) is 12.3. The predicted molar refractivity (Wildman–Crippen MR) is 123 cm³/mol. The number of aryl methyl sites for hydroxylation is 2. The normalized spacial score (nSPS) is 14.5. The van der Waals surface area contributed by atoms with Gasteiger partial charge in [0.1, 0.15) is 16.5 Å². The summed E-state index contributed by atoms with van der Waals surface area (Å²) in [6.07, 6.45) is 4.35. The van der Waals surface area contributed by atoms with Gasteiger partial charge in [0.2, 0.25) is 5.95 Å². The van der Waals surface area contributed by atoms with Crippen LogP contribution < -0.4 is 9.80 Å². The molecule has 1 aliphatic heterocycles. The fraction of sp³-hybridized carbons (Fsp3) is 0.304. The van der Waals surface area contributed by atoms with Crippen molar-refractivity contribution in [1.82, 2.24) is 19.9 Å². The number of fused-ring (bicyclic) bond motifs is 1. The van der Waals surface area contributed by atoms with E-state index in [4.69, 9.17) is 9.97 Å². The molecule has 0 unspecified atom stereocenters. The number of aromatic nitrogens is 4. The molecule has 1 saturated heterocycles. The molecule has 1 aromatic carbocycles. The molecule has 6 nitrogen and oxygen atoms in total. The number of nitrogens with zero attached hydrogens (tertiary/aromatic N) is 6. The summed E-state index contributed by atoms with van der Waals surface area (Å²) in [5.41, 5.74) is 2.53. The van der Waals surface area contributed by atoms with Crippen molar-refractivity contribution in [3.05, 3.63) is 70.6 Å². The van der Waals surface area contributed by atoms with Gasteiger partial charge in [-0.25, -0.2) is 19.9 Å². The molecule has 0 aliphatic carbocycles. The maximum absolute atomic E-state index is 5.06. The van der Waals surface area contributed by atoms with Crippen molar-refractivity contribution in [2.75, 3.05) is 36.0 Å². The number of hydrogen-bond acceptors (Lipinski definition) is 7. The Balaban J connectivity index is 1.47. The van der Waals surface area contributed by atoms with Gasteiger partial charge >= 0.3 is 0 Å². The molecular weight excluding hydrogens is 392 g/mol. The zero-order valence-electron chi connectivity index (χ0n) is 17.2. The van der Waals surface area contributed by atoms with E-state index in [0.29, 0.717) is 0 Å². The highest BCUT2D eigenvalue weighted by atomic mass is 32.1. The molecule has 7 heteroatoms. The molecule has 4 heterocycles. The zero-order valence-corrected chi connectivity index (χ0v) is 18.1. The van der Waals surface area contributed by atoms with E-state index >= 15 is 0 Å². The second-order valence-electron chi connectivity index (χ2n) is 7.61. The van der Waals surface area contributed by atoms with Gasteiger partial charge in [-0.2, -0.15) is 0 Å². The number of rotatable bonds is 4. The van der Waals surface area contributed by atoms with Gasteiger partial charge in [-0.1, -0.05) is 30.3 Å². The molecule has 5 rings (SSSR count).